The summed E-state index contributed by atoms with van der Waals surface area (Å²) in [6.07, 6.45) is 0.134. The fraction of sp³-hybridized carbons (Fsp3) is 0.250. The molecule has 1 aromatic heterocycles. The number of amides is 1. The van der Waals surface area contributed by atoms with Crippen molar-refractivity contribution in [2.45, 2.75) is 37.3 Å². The van der Waals surface area contributed by atoms with Gasteiger partial charge >= 0.3 is 6.09 Å². The Bertz CT molecular complexity index is 1490. The molecule has 0 fully saturated rings. The average Bonchev–Trinajstić information content (AvgIpc) is 3.24. The zero-order valence-corrected chi connectivity index (χ0v) is 20.8. The number of nitrogens with zero attached hydrogens (tertiary/aromatic N) is 2. The molecule has 8 heteroatoms. The summed E-state index contributed by atoms with van der Waals surface area (Å²) >= 11 is 0. The molecule has 0 spiro atoms. The van der Waals surface area contributed by atoms with E-state index in [2.05, 4.69) is 0 Å². The predicted octanol–water partition coefficient (Wildman–Crippen LogP) is 4.81. The van der Waals surface area contributed by atoms with E-state index in [1.807, 2.05) is 55.5 Å². The lowest BCUT2D eigenvalue weighted by molar-refractivity contribution is 0.0695. The van der Waals surface area contributed by atoms with Crippen LogP contribution in [0.4, 0.5) is 4.79 Å². The van der Waals surface area contributed by atoms with Crippen molar-refractivity contribution >= 4 is 27.0 Å². The second-order valence-electron chi connectivity index (χ2n) is 8.98. The third kappa shape index (κ3) is 4.27. The SMILES string of the molecule is Cc1ccc(S(=O)(=O)n2c3c(c4ccccc42)CCN(C(=O)OCc2ccccc2)[C@@H]3CCO)cc1. The van der Waals surface area contributed by atoms with Gasteiger partial charge in [-0.05, 0) is 49.1 Å². The molecule has 5 rings (SSSR count). The Balaban J connectivity index is 1.61. The number of carbonyl (C=O) groups excluding carboxylic acids is 1. The monoisotopic (exact) mass is 504 g/mol. The highest BCUT2D eigenvalue weighted by Crippen LogP contribution is 2.41. The first kappa shape index (κ1) is 24.1. The normalized spacial score (nSPS) is 15.6. The van der Waals surface area contributed by atoms with E-state index in [9.17, 15) is 18.3 Å². The number of para-hydroxylation sites is 1. The van der Waals surface area contributed by atoms with E-state index in [1.165, 1.54) is 3.97 Å². The van der Waals surface area contributed by atoms with Crippen LogP contribution in [0.5, 0.6) is 0 Å². The standard InChI is InChI=1S/C28H28N2O5S/c1-20-11-13-22(14-12-20)36(33,34)30-25-10-6-5-9-23(25)24-15-17-29(26(16-18-31)27(24)30)28(32)35-19-21-7-3-2-4-8-21/h2-14,26,31H,15-19H2,1H3/t26-/m1/s1. The molecule has 3 aromatic carbocycles. The number of rotatable bonds is 6. The van der Waals surface area contributed by atoms with Crippen molar-refractivity contribution in [3.63, 3.8) is 0 Å². The van der Waals surface area contributed by atoms with E-state index in [0.717, 1.165) is 22.1 Å². The third-order valence-corrected chi connectivity index (χ3v) is 8.41. The lowest BCUT2D eigenvalue weighted by Crippen LogP contribution is -2.42. The van der Waals surface area contributed by atoms with Gasteiger partial charge in [0.2, 0.25) is 0 Å². The van der Waals surface area contributed by atoms with Crippen molar-refractivity contribution in [3.05, 3.63) is 101 Å². The molecule has 0 radical (unpaired) electrons. The number of hydrogen-bond acceptors (Lipinski definition) is 5. The summed E-state index contributed by atoms with van der Waals surface area (Å²) in [6.45, 7) is 2.17. The van der Waals surface area contributed by atoms with Crippen LogP contribution in [0.1, 0.15) is 34.8 Å². The lowest BCUT2D eigenvalue weighted by Gasteiger charge is -2.36. The van der Waals surface area contributed by atoms with E-state index in [-0.39, 0.29) is 24.5 Å². The van der Waals surface area contributed by atoms with Crippen LogP contribution in [-0.4, -0.2) is 41.6 Å². The minimum Gasteiger partial charge on any atom is -0.445 e. The Hall–Kier alpha value is -3.62. The maximum Gasteiger partial charge on any atom is 0.410 e. The molecule has 7 nitrogen and oxygen atoms in total. The number of aliphatic hydroxyl groups is 1. The number of aryl methyl sites for hydroxylation is 1. The molecule has 0 saturated carbocycles. The van der Waals surface area contributed by atoms with Crippen molar-refractivity contribution in [2.75, 3.05) is 13.2 Å². The molecule has 0 saturated heterocycles. The predicted molar refractivity (Wildman–Crippen MR) is 137 cm³/mol. The molecule has 1 aliphatic rings. The smallest absolute Gasteiger partial charge is 0.410 e. The van der Waals surface area contributed by atoms with Gasteiger partial charge in [0.05, 0.1) is 22.1 Å². The molecule has 1 atom stereocenters. The van der Waals surface area contributed by atoms with Crippen LogP contribution < -0.4 is 0 Å². The van der Waals surface area contributed by atoms with Crippen LogP contribution in [0.15, 0.2) is 83.8 Å². The van der Waals surface area contributed by atoms with Gasteiger partial charge in [-0.1, -0.05) is 66.2 Å². The second-order valence-corrected chi connectivity index (χ2v) is 10.8. The van der Waals surface area contributed by atoms with Gasteiger partial charge in [-0.25, -0.2) is 17.2 Å². The Morgan fingerprint density at radius 1 is 1.00 bits per heavy atom. The first-order chi connectivity index (χ1) is 17.4. The first-order valence-corrected chi connectivity index (χ1v) is 13.4. The Kier molecular flexibility index (Phi) is 6.55. The quantitative estimate of drug-likeness (QED) is 0.407. The second kappa shape index (κ2) is 9.79. The fourth-order valence-electron chi connectivity index (χ4n) is 4.94. The highest BCUT2D eigenvalue weighted by Gasteiger charge is 2.39. The fourth-order valence-corrected chi connectivity index (χ4v) is 6.54. The molecular weight excluding hydrogens is 476 g/mol. The molecule has 36 heavy (non-hydrogen) atoms. The van der Waals surface area contributed by atoms with Gasteiger partial charge < -0.3 is 9.84 Å². The largest absolute Gasteiger partial charge is 0.445 e. The summed E-state index contributed by atoms with van der Waals surface area (Å²) in [6, 6.07) is 22.8. The van der Waals surface area contributed by atoms with E-state index >= 15 is 0 Å². The highest BCUT2D eigenvalue weighted by atomic mass is 32.2. The van der Waals surface area contributed by atoms with Crippen molar-refractivity contribution < 1.29 is 23.1 Å². The Labute approximate surface area is 210 Å². The number of fused-ring (bicyclic) bond motifs is 3. The minimum atomic E-state index is -3.98. The van der Waals surface area contributed by atoms with Crippen LogP contribution in [0.3, 0.4) is 0 Å². The molecule has 2 heterocycles. The van der Waals surface area contributed by atoms with E-state index in [0.29, 0.717) is 24.2 Å². The number of ether oxygens (including phenoxy) is 1. The Morgan fingerprint density at radius 3 is 2.42 bits per heavy atom. The van der Waals surface area contributed by atoms with Crippen molar-refractivity contribution in [1.29, 1.82) is 0 Å². The van der Waals surface area contributed by atoms with E-state index in [4.69, 9.17) is 4.74 Å². The molecule has 1 amide bonds. The summed E-state index contributed by atoms with van der Waals surface area (Å²) in [5.74, 6) is 0. The zero-order valence-electron chi connectivity index (χ0n) is 20.0. The maximum absolute atomic E-state index is 14.0. The van der Waals surface area contributed by atoms with Gasteiger partial charge in [0.15, 0.2) is 0 Å². The average molecular weight is 505 g/mol. The summed E-state index contributed by atoms with van der Waals surface area (Å²) in [5, 5.41) is 10.8. The summed E-state index contributed by atoms with van der Waals surface area (Å²) in [7, 11) is -3.98. The first-order valence-electron chi connectivity index (χ1n) is 11.9. The van der Waals surface area contributed by atoms with Gasteiger partial charge in [-0.15, -0.1) is 0 Å². The summed E-state index contributed by atoms with van der Waals surface area (Å²) in [5.41, 5.74) is 3.77. The molecule has 0 aliphatic carbocycles. The lowest BCUT2D eigenvalue weighted by atomic mass is 9.96. The third-order valence-electron chi connectivity index (χ3n) is 6.67. The Morgan fingerprint density at radius 2 is 1.69 bits per heavy atom. The topological polar surface area (TPSA) is 88.8 Å². The van der Waals surface area contributed by atoms with Gasteiger partial charge in [0.25, 0.3) is 10.0 Å². The van der Waals surface area contributed by atoms with E-state index < -0.39 is 22.2 Å². The van der Waals surface area contributed by atoms with Crippen LogP contribution in [0, 0.1) is 6.92 Å². The van der Waals surface area contributed by atoms with Crippen LogP contribution in [-0.2, 0) is 27.8 Å². The maximum atomic E-state index is 14.0. The number of benzene rings is 3. The number of hydrogen-bond donors (Lipinski definition) is 1. The van der Waals surface area contributed by atoms with Gasteiger partial charge in [0, 0.05) is 18.5 Å². The minimum absolute atomic E-state index is 0.111. The molecule has 4 aromatic rings. The molecule has 186 valence electrons. The van der Waals surface area contributed by atoms with Crippen molar-refractivity contribution in [1.82, 2.24) is 8.87 Å². The van der Waals surface area contributed by atoms with Crippen molar-refractivity contribution in [2.24, 2.45) is 0 Å². The highest BCUT2D eigenvalue weighted by molar-refractivity contribution is 7.90. The van der Waals surface area contributed by atoms with E-state index in [1.54, 1.807) is 35.2 Å². The van der Waals surface area contributed by atoms with Crippen molar-refractivity contribution in [3.8, 4) is 0 Å². The molecular formula is C28H28N2O5S. The molecule has 1 aliphatic heterocycles. The summed E-state index contributed by atoms with van der Waals surface area (Å²) < 4.78 is 35.0. The summed E-state index contributed by atoms with van der Waals surface area (Å²) in [4.78, 5) is 14.9. The van der Waals surface area contributed by atoms with Crippen LogP contribution in [0.25, 0.3) is 10.9 Å². The van der Waals surface area contributed by atoms with Gasteiger partial charge in [-0.2, -0.15) is 0 Å². The number of carbonyl (C=O) groups is 1. The molecule has 0 bridgehead atoms. The molecule has 0 unspecified atom stereocenters. The van der Waals surface area contributed by atoms with Gasteiger partial charge in [0.1, 0.15) is 6.61 Å². The zero-order chi connectivity index (χ0) is 25.3. The number of aliphatic hydroxyl groups excluding tert-OH is 1. The van der Waals surface area contributed by atoms with Crippen LogP contribution >= 0.6 is 0 Å². The van der Waals surface area contributed by atoms with Crippen LogP contribution in [0.2, 0.25) is 0 Å². The van der Waals surface area contributed by atoms with Gasteiger partial charge in [-0.3, -0.25) is 4.90 Å². The number of aromatic nitrogens is 1. The molecule has 1 N–H and O–H groups in total.